The van der Waals surface area contributed by atoms with Gasteiger partial charge in [0.15, 0.2) is 5.78 Å². The minimum Gasteiger partial charge on any atom is -0.497 e. The maximum atomic E-state index is 13.0. The van der Waals surface area contributed by atoms with Crippen molar-refractivity contribution in [3.63, 3.8) is 0 Å². The standard InChI is InChI=1S/C19H18N2O4/c1-12-17(19(23)21(20-12)13-7-5-4-6-8-13)18(22)15-10-9-14(24-2)11-16(15)25-3/h4-11,17H,1-3H3/t17-/m0/s1. The van der Waals surface area contributed by atoms with Crippen LogP contribution < -0.4 is 14.5 Å². The molecule has 1 heterocycles. The molecule has 0 fully saturated rings. The van der Waals surface area contributed by atoms with Gasteiger partial charge >= 0.3 is 0 Å². The Balaban J connectivity index is 1.94. The van der Waals surface area contributed by atoms with Crippen LogP contribution in [0.2, 0.25) is 0 Å². The van der Waals surface area contributed by atoms with Gasteiger partial charge in [-0.25, -0.2) is 0 Å². The molecule has 3 rings (SSSR count). The van der Waals surface area contributed by atoms with Crippen LogP contribution in [-0.4, -0.2) is 31.6 Å². The number of rotatable bonds is 5. The summed E-state index contributed by atoms with van der Waals surface area (Å²) in [6.45, 7) is 1.68. The van der Waals surface area contributed by atoms with Gasteiger partial charge in [-0.1, -0.05) is 18.2 Å². The molecule has 0 N–H and O–H groups in total. The van der Waals surface area contributed by atoms with E-state index in [1.54, 1.807) is 37.3 Å². The lowest BCUT2D eigenvalue weighted by molar-refractivity contribution is -0.118. The molecule has 1 amide bonds. The maximum absolute atomic E-state index is 13.0. The SMILES string of the molecule is COc1ccc(C(=O)[C@H]2C(=O)N(c3ccccc3)N=C2C)c(OC)c1. The number of methoxy groups -OCH3 is 2. The highest BCUT2D eigenvalue weighted by molar-refractivity contribution is 6.30. The number of anilines is 1. The third-order valence-electron chi connectivity index (χ3n) is 4.07. The zero-order valence-corrected chi connectivity index (χ0v) is 14.2. The number of ketones is 1. The fourth-order valence-electron chi connectivity index (χ4n) is 2.78. The molecule has 0 saturated carbocycles. The molecule has 0 spiro atoms. The quantitative estimate of drug-likeness (QED) is 0.621. The minimum atomic E-state index is -0.956. The molecule has 2 aromatic rings. The van der Waals surface area contributed by atoms with E-state index >= 15 is 0 Å². The van der Waals surface area contributed by atoms with Crippen molar-refractivity contribution in [2.75, 3.05) is 19.2 Å². The largest absolute Gasteiger partial charge is 0.497 e. The number of carbonyl (C=O) groups is 2. The summed E-state index contributed by atoms with van der Waals surface area (Å²) in [7, 11) is 3.00. The van der Waals surface area contributed by atoms with E-state index in [9.17, 15) is 9.59 Å². The second-order valence-corrected chi connectivity index (χ2v) is 5.59. The van der Waals surface area contributed by atoms with Crippen LogP contribution in [0.25, 0.3) is 0 Å². The molecule has 0 unspecified atom stereocenters. The summed E-state index contributed by atoms with van der Waals surface area (Å²) in [5.41, 5.74) is 1.41. The molecule has 2 aromatic carbocycles. The monoisotopic (exact) mass is 338 g/mol. The van der Waals surface area contributed by atoms with Gasteiger partial charge < -0.3 is 9.47 Å². The van der Waals surface area contributed by atoms with Gasteiger partial charge in [0.05, 0.1) is 31.2 Å². The molecule has 1 aliphatic rings. The third-order valence-corrected chi connectivity index (χ3v) is 4.07. The highest BCUT2D eigenvalue weighted by atomic mass is 16.5. The summed E-state index contributed by atoms with van der Waals surface area (Å²) >= 11 is 0. The second-order valence-electron chi connectivity index (χ2n) is 5.59. The van der Waals surface area contributed by atoms with Crippen LogP contribution in [0.5, 0.6) is 11.5 Å². The molecule has 0 bridgehead atoms. The van der Waals surface area contributed by atoms with E-state index in [0.29, 0.717) is 28.5 Å². The average Bonchev–Trinajstić information content (AvgIpc) is 2.95. The van der Waals surface area contributed by atoms with Crippen molar-refractivity contribution in [1.29, 1.82) is 0 Å². The van der Waals surface area contributed by atoms with Crippen LogP contribution in [0.15, 0.2) is 53.6 Å². The lowest BCUT2D eigenvalue weighted by Gasteiger charge is -2.15. The molecule has 25 heavy (non-hydrogen) atoms. The first-order valence-electron chi connectivity index (χ1n) is 7.77. The van der Waals surface area contributed by atoms with E-state index in [0.717, 1.165) is 0 Å². The van der Waals surface area contributed by atoms with E-state index in [4.69, 9.17) is 9.47 Å². The van der Waals surface area contributed by atoms with E-state index in [1.807, 2.05) is 18.2 Å². The van der Waals surface area contributed by atoms with Gasteiger partial charge in [-0.15, -0.1) is 0 Å². The van der Waals surface area contributed by atoms with Crippen molar-refractivity contribution in [3.8, 4) is 11.5 Å². The topological polar surface area (TPSA) is 68.2 Å². The van der Waals surface area contributed by atoms with Crippen LogP contribution >= 0.6 is 0 Å². The number of carbonyl (C=O) groups excluding carboxylic acids is 2. The summed E-state index contributed by atoms with van der Waals surface area (Å²) in [6, 6.07) is 13.9. The first-order valence-corrected chi connectivity index (χ1v) is 7.77. The Kier molecular flexibility index (Phi) is 4.52. The van der Waals surface area contributed by atoms with Crippen molar-refractivity contribution in [2.24, 2.45) is 11.0 Å². The average molecular weight is 338 g/mol. The van der Waals surface area contributed by atoms with Gasteiger partial charge in [0, 0.05) is 6.07 Å². The fraction of sp³-hybridized carbons (Fsp3) is 0.211. The third kappa shape index (κ3) is 2.98. The van der Waals surface area contributed by atoms with E-state index in [1.165, 1.54) is 19.2 Å². The first kappa shape index (κ1) is 16.7. The Morgan fingerprint density at radius 2 is 1.80 bits per heavy atom. The molecule has 0 saturated heterocycles. The van der Waals surface area contributed by atoms with Gasteiger partial charge in [0.25, 0.3) is 5.91 Å². The Bertz CT molecular complexity index is 846. The molecule has 0 radical (unpaired) electrons. The van der Waals surface area contributed by atoms with Gasteiger partial charge in [0.1, 0.15) is 17.4 Å². The molecule has 1 atom stereocenters. The molecule has 0 aromatic heterocycles. The summed E-state index contributed by atoms with van der Waals surface area (Å²) in [5, 5.41) is 5.54. The lowest BCUT2D eigenvalue weighted by atomic mass is 9.93. The zero-order chi connectivity index (χ0) is 18.0. The molecule has 0 aliphatic carbocycles. The first-order chi connectivity index (χ1) is 12.1. The number of Topliss-reactive ketones (excluding diaryl/α,β-unsaturated/α-hetero) is 1. The highest BCUT2D eigenvalue weighted by Crippen LogP contribution is 2.31. The Morgan fingerprint density at radius 1 is 1.08 bits per heavy atom. The van der Waals surface area contributed by atoms with Gasteiger partial charge in [-0.05, 0) is 31.2 Å². The molecule has 6 nitrogen and oxygen atoms in total. The number of hydrogen-bond acceptors (Lipinski definition) is 5. The van der Waals surface area contributed by atoms with E-state index < -0.39 is 5.92 Å². The number of para-hydroxylation sites is 1. The number of benzene rings is 2. The van der Waals surface area contributed by atoms with Crippen molar-refractivity contribution in [1.82, 2.24) is 0 Å². The lowest BCUT2D eigenvalue weighted by Crippen LogP contribution is -2.32. The second kappa shape index (κ2) is 6.76. The number of hydrogen-bond donors (Lipinski definition) is 0. The van der Waals surface area contributed by atoms with Crippen LogP contribution in [0.1, 0.15) is 17.3 Å². The predicted molar refractivity (Wildman–Crippen MR) is 94.4 cm³/mol. The normalized spacial score (nSPS) is 16.6. The van der Waals surface area contributed by atoms with Gasteiger partial charge in [-0.2, -0.15) is 10.1 Å². The summed E-state index contributed by atoms with van der Waals surface area (Å²) in [5.74, 6) is -0.733. The Hall–Kier alpha value is -3.15. The maximum Gasteiger partial charge on any atom is 0.264 e. The van der Waals surface area contributed by atoms with E-state index in [-0.39, 0.29) is 11.7 Å². The smallest absolute Gasteiger partial charge is 0.264 e. The molecule has 1 aliphatic heterocycles. The summed E-state index contributed by atoms with van der Waals surface area (Å²) < 4.78 is 10.4. The molecule has 6 heteroatoms. The number of ether oxygens (including phenoxy) is 2. The Morgan fingerprint density at radius 3 is 2.44 bits per heavy atom. The van der Waals surface area contributed by atoms with Crippen molar-refractivity contribution >= 4 is 23.1 Å². The van der Waals surface area contributed by atoms with Crippen LogP contribution in [0, 0.1) is 5.92 Å². The fourth-order valence-corrected chi connectivity index (χ4v) is 2.78. The summed E-state index contributed by atoms with van der Waals surface area (Å²) in [6.07, 6.45) is 0. The number of nitrogens with zero attached hydrogens (tertiary/aromatic N) is 2. The van der Waals surface area contributed by atoms with Crippen LogP contribution in [-0.2, 0) is 4.79 Å². The number of hydrazone groups is 1. The molecule has 128 valence electrons. The predicted octanol–water partition coefficient (Wildman–Crippen LogP) is 2.93. The number of amides is 1. The molecular weight excluding hydrogens is 320 g/mol. The highest BCUT2D eigenvalue weighted by Gasteiger charge is 2.40. The van der Waals surface area contributed by atoms with Crippen molar-refractivity contribution in [2.45, 2.75) is 6.92 Å². The van der Waals surface area contributed by atoms with E-state index in [2.05, 4.69) is 5.10 Å². The van der Waals surface area contributed by atoms with Gasteiger partial charge in [0.2, 0.25) is 0 Å². The van der Waals surface area contributed by atoms with Crippen LogP contribution in [0.4, 0.5) is 5.69 Å². The summed E-state index contributed by atoms with van der Waals surface area (Å²) in [4.78, 5) is 25.8. The zero-order valence-electron chi connectivity index (χ0n) is 14.2. The van der Waals surface area contributed by atoms with Gasteiger partial charge in [-0.3, -0.25) is 9.59 Å². The van der Waals surface area contributed by atoms with Crippen molar-refractivity contribution in [3.05, 3.63) is 54.1 Å². The van der Waals surface area contributed by atoms with Crippen molar-refractivity contribution < 1.29 is 19.1 Å². The minimum absolute atomic E-state index is 0.325. The Labute approximate surface area is 145 Å². The van der Waals surface area contributed by atoms with Crippen LogP contribution in [0.3, 0.4) is 0 Å². The molecular formula is C19H18N2O4.